The zero-order chi connectivity index (χ0) is 39.7. The van der Waals surface area contributed by atoms with Gasteiger partial charge in [0.05, 0.1) is 48.2 Å². The van der Waals surface area contributed by atoms with Crippen LogP contribution in [0.1, 0.15) is 49.9 Å². The third kappa shape index (κ3) is 8.00. The van der Waals surface area contributed by atoms with E-state index in [1.807, 2.05) is 37.4 Å². The highest BCUT2D eigenvalue weighted by Gasteiger charge is 2.37. The monoisotopic (exact) mass is 782 g/mol. The van der Waals surface area contributed by atoms with Gasteiger partial charge in [-0.2, -0.15) is 0 Å². The first-order valence-electron chi connectivity index (χ1n) is 20.3. The number of anilines is 5. The van der Waals surface area contributed by atoms with E-state index in [0.717, 1.165) is 92.7 Å². The van der Waals surface area contributed by atoms with Crippen LogP contribution in [0.4, 0.5) is 28.4 Å². The van der Waals surface area contributed by atoms with Crippen molar-refractivity contribution in [2.24, 2.45) is 0 Å². The highest BCUT2D eigenvalue weighted by Crippen LogP contribution is 2.48. The molecule has 296 valence electrons. The van der Waals surface area contributed by atoms with Crippen LogP contribution in [-0.2, 0) is 20.3 Å². The fourth-order valence-corrected chi connectivity index (χ4v) is 8.80. The van der Waals surface area contributed by atoms with E-state index in [-0.39, 0.29) is 10.8 Å². The first-order valence-corrected chi connectivity index (χ1v) is 20.7. The Balaban J connectivity index is 0.000000133. The molecule has 6 heterocycles. The number of aromatic nitrogens is 2. The quantitative estimate of drug-likeness (QED) is 0.190. The minimum atomic E-state index is 0.107. The molecule has 10 rings (SSSR count). The largest absolute Gasteiger partial charge is 0.384 e. The lowest BCUT2D eigenvalue weighted by Crippen LogP contribution is -2.36. The molecule has 1 N–H and O–H groups in total. The Morgan fingerprint density at radius 3 is 1.82 bits per heavy atom. The molecule has 2 aromatic heterocycles. The second-order valence-corrected chi connectivity index (χ2v) is 17.3. The van der Waals surface area contributed by atoms with E-state index >= 15 is 0 Å². The number of halogens is 1. The lowest BCUT2D eigenvalue weighted by Gasteiger charge is -2.30. The Bertz CT molecular complexity index is 2380. The average Bonchev–Trinajstić information content (AvgIpc) is 3.70. The predicted octanol–water partition coefficient (Wildman–Crippen LogP) is 10.2. The first-order chi connectivity index (χ1) is 27.5. The molecule has 4 aliphatic heterocycles. The molecule has 0 radical (unpaired) electrons. The summed E-state index contributed by atoms with van der Waals surface area (Å²) in [5.41, 5.74) is 14.0. The lowest BCUT2D eigenvalue weighted by atomic mass is 9.87. The van der Waals surface area contributed by atoms with Gasteiger partial charge in [-0.3, -0.25) is 9.97 Å². The maximum atomic E-state index is 6.09. The van der Waals surface area contributed by atoms with E-state index in [1.165, 1.54) is 50.5 Å². The van der Waals surface area contributed by atoms with Crippen LogP contribution < -0.4 is 20.0 Å². The van der Waals surface area contributed by atoms with E-state index in [0.29, 0.717) is 0 Å². The highest BCUT2D eigenvalue weighted by atomic mass is 35.5. The number of nitrogens with one attached hydrogen (secondary N) is 1. The summed E-state index contributed by atoms with van der Waals surface area (Å²) in [4.78, 5) is 16.3. The number of nitrogens with zero attached hydrogens (tertiary/aromatic N) is 5. The number of rotatable bonds is 3. The topological polar surface area (TPSA) is 66.0 Å². The van der Waals surface area contributed by atoms with Crippen molar-refractivity contribution in [2.45, 2.75) is 52.4 Å². The zero-order valence-electron chi connectivity index (χ0n) is 34.2. The molecule has 0 bridgehead atoms. The van der Waals surface area contributed by atoms with Crippen LogP contribution in [0.2, 0.25) is 5.02 Å². The van der Waals surface area contributed by atoms with Gasteiger partial charge in [-0.05, 0) is 72.5 Å². The van der Waals surface area contributed by atoms with Crippen LogP contribution in [0, 0.1) is 13.8 Å². The van der Waals surface area contributed by atoms with E-state index in [4.69, 9.17) is 21.1 Å². The number of ether oxygens (including phenoxy) is 2. The Hall–Kier alpha value is -4.89. The molecule has 2 fully saturated rings. The number of fused-ring (bicyclic) bond motifs is 4. The number of pyridine rings is 2. The Morgan fingerprint density at radius 1 is 0.632 bits per heavy atom. The van der Waals surface area contributed by atoms with Gasteiger partial charge < -0.3 is 29.5 Å². The number of morpholine rings is 2. The third-order valence-electron chi connectivity index (χ3n) is 11.8. The van der Waals surface area contributed by atoms with Gasteiger partial charge in [0.1, 0.15) is 0 Å². The molecule has 9 heteroatoms. The summed E-state index contributed by atoms with van der Waals surface area (Å²) in [6.07, 6.45) is 3.80. The summed E-state index contributed by atoms with van der Waals surface area (Å²) in [5.74, 6) is 0. The molecule has 0 unspecified atom stereocenters. The van der Waals surface area contributed by atoms with Crippen LogP contribution in [0.5, 0.6) is 0 Å². The van der Waals surface area contributed by atoms with Gasteiger partial charge in [0, 0.05) is 96.0 Å². The normalized spacial score (nSPS) is 17.9. The second kappa shape index (κ2) is 16.2. The Labute approximate surface area is 342 Å². The smallest absolute Gasteiger partial charge is 0.0723 e. The molecule has 8 nitrogen and oxygen atoms in total. The van der Waals surface area contributed by atoms with Crippen molar-refractivity contribution in [3.05, 3.63) is 125 Å². The summed E-state index contributed by atoms with van der Waals surface area (Å²) < 4.78 is 10.9. The first kappa shape index (κ1) is 39.0. The van der Waals surface area contributed by atoms with Gasteiger partial charge in [-0.15, -0.1) is 0 Å². The van der Waals surface area contributed by atoms with E-state index < -0.39 is 0 Å². The highest BCUT2D eigenvalue weighted by molar-refractivity contribution is 6.36. The van der Waals surface area contributed by atoms with E-state index in [9.17, 15) is 0 Å². The summed E-state index contributed by atoms with van der Waals surface area (Å²) in [5, 5.41) is 6.57. The fourth-order valence-electron chi connectivity index (χ4n) is 8.59. The number of benzene rings is 4. The molecular weight excluding hydrogens is 728 g/mol. The van der Waals surface area contributed by atoms with Crippen molar-refractivity contribution < 1.29 is 9.47 Å². The number of aryl methyl sites for hydroxylation is 2. The van der Waals surface area contributed by atoms with Crippen LogP contribution >= 0.6 is 11.6 Å². The van der Waals surface area contributed by atoms with Gasteiger partial charge in [0.2, 0.25) is 0 Å². The van der Waals surface area contributed by atoms with Crippen molar-refractivity contribution in [3.8, 4) is 0 Å². The number of hydrogen-bond donors (Lipinski definition) is 1. The van der Waals surface area contributed by atoms with Gasteiger partial charge in [0.15, 0.2) is 0 Å². The van der Waals surface area contributed by atoms with Crippen LogP contribution in [0.3, 0.4) is 0 Å². The summed E-state index contributed by atoms with van der Waals surface area (Å²) in [6.45, 7) is 22.6. The van der Waals surface area contributed by atoms with Crippen molar-refractivity contribution in [3.63, 3.8) is 0 Å². The molecule has 4 aliphatic rings. The molecule has 0 aliphatic carbocycles. The zero-order valence-corrected chi connectivity index (χ0v) is 35.0. The maximum absolute atomic E-state index is 6.09. The maximum Gasteiger partial charge on any atom is 0.0723 e. The summed E-state index contributed by atoms with van der Waals surface area (Å²) >= 11 is 6.09. The SMILES string of the molecule is CC1(C)CNc2cc(N3CCOCC3)ccc21.Cc1cnc2ccccc2c1Cl.Cc1cnc2ccccc2c1N1CC(C)(C)c2ccc(N3CCOCC3)cc21. The van der Waals surface area contributed by atoms with Gasteiger partial charge in [-0.1, -0.05) is 87.8 Å². The van der Waals surface area contributed by atoms with Crippen molar-refractivity contribution in [1.29, 1.82) is 0 Å². The molecule has 57 heavy (non-hydrogen) atoms. The third-order valence-corrected chi connectivity index (χ3v) is 12.3. The molecule has 0 saturated carbocycles. The van der Waals surface area contributed by atoms with Crippen molar-refractivity contribution >= 4 is 61.8 Å². The molecule has 4 aromatic carbocycles. The predicted molar refractivity (Wildman–Crippen MR) is 238 cm³/mol. The standard InChI is InChI=1S/C24H27N3O.C14H20N2O.C10H8ClN/c1-17-15-25-21-7-5-4-6-19(21)23(17)27-16-24(2,3)20-9-8-18(14-22(20)27)26-10-12-28-13-11-26;1-14(2)10-15-13-9-11(3-4-12(13)14)16-5-7-17-8-6-16;1-7-6-12-9-5-3-2-4-8(9)10(7)11/h4-9,14-15H,10-13,16H2,1-3H3;3-4,9,15H,5-8,10H2,1-2H3;2-6H,1H3. The molecule has 0 atom stereocenters. The summed E-state index contributed by atoms with van der Waals surface area (Å²) in [6, 6.07) is 30.1. The van der Waals surface area contributed by atoms with Crippen LogP contribution in [-0.4, -0.2) is 75.7 Å². The van der Waals surface area contributed by atoms with Crippen molar-refractivity contribution in [2.75, 3.05) is 85.7 Å². The lowest BCUT2D eigenvalue weighted by molar-refractivity contribution is 0.122. The van der Waals surface area contributed by atoms with Gasteiger partial charge in [-0.25, -0.2) is 0 Å². The van der Waals surface area contributed by atoms with Gasteiger partial charge in [0.25, 0.3) is 0 Å². The van der Waals surface area contributed by atoms with E-state index in [1.54, 1.807) is 6.20 Å². The van der Waals surface area contributed by atoms with Crippen LogP contribution in [0.15, 0.2) is 97.3 Å². The minimum absolute atomic E-state index is 0.107. The van der Waals surface area contributed by atoms with Crippen molar-refractivity contribution in [1.82, 2.24) is 9.97 Å². The molecule has 6 aromatic rings. The molecule has 0 amide bonds. The average molecular weight is 783 g/mol. The molecular formula is C48H55ClN6O2. The van der Waals surface area contributed by atoms with Gasteiger partial charge >= 0.3 is 0 Å². The second-order valence-electron chi connectivity index (χ2n) is 16.9. The summed E-state index contributed by atoms with van der Waals surface area (Å²) in [7, 11) is 0. The number of hydrogen-bond acceptors (Lipinski definition) is 8. The Morgan fingerprint density at radius 2 is 1.18 bits per heavy atom. The Kier molecular flexibility index (Phi) is 11.0. The fraction of sp³-hybridized carbons (Fsp3) is 0.375. The van der Waals surface area contributed by atoms with E-state index in [2.05, 4.69) is 125 Å². The number of para-hydroxylation sites is 2. The molecule has 0 spiro atoms. The molecule has 2 saturated heterocycles. The minimum Gasteiger partial charge on any atom is -0.384 e. The van der Waals surface area contributed by atoms with Crippen LogP contribution in [0.25, 0.3) is 21.8 Å².